The maximum absolute atomic E-state index is 3.47. The maximum atomic E-state index is 3.47. The molecule has 0 aliphatic rings. The van der Waals surface area contributed by atoms with Crippen molar-refractivity contribution < 1.29 is 0 Å². The second kappa shape index (κ2) is 4.92. The lowest BCUT2D eigenvalue weighted by molar-refractivity contribution is 0.591. The van der Waals surface area contributed by atoms with E-state index < -0.39 is 0 Å². The van der Waals surface area contributed by atoms with Crippen molar-refractivity contribution in [3.05, 3.63) is 35.5 Å². The number of hydrogen-bond acceptors (Lipinski definition) is 1. The van der Waals surface area contributed by atoms with Gasteiger partial charge in [-0.3, -0.25) is 0 Å². The monoisotopic (exact) mass is 230 g/mol. The van der Waals surface area contributed by atoms with Crippen molar-refractivity contribution in [2.24, 2.45) is 7.05 Å². The number of para-hydroxylation sites is 1. The summed E-state index contributed by atoms with van der Waals surface area (Å²) in [7, 11) is 2.13. The first-order valence-electron chi connectivity index (χ1n) is 6.36. The van der Waals surface area contributed by atoms with E-state index >= 15 is 0 Å². The summed E-state index contributed by atoms with van der Waals surface area (Å²) >= 11 is 0. The number of hydrogen-bond donors (Lipinski definition) is 1. The zero-order valence-corrected chi connectivity index (χ0v) is 11.2. The Kier molecular flexibility index (Phi) is 3.53. The van der Waals surface area contributed by atoms with Gasteiger partial charge in [-0.25, -0.2) is 0 Å². The minimum Gasteiger partial charge on any atom is -0.350 e. The highest BCUT2D eigenvalue weighted by molar-refractivity contribution is 5.86. The molecule has 0 aliphatic carbocycles. The van der Waals surface area contributed by atoms with E-state index in [9.17, 15) is 0 Å². The van der Waals surface area contributed by atoms with Crippen molar-refractivity contribution in [3.8, 4) is 0 Å². The molecule has 1 aromatic heterocycles. The summed E-state index contributed by atoms with van der Waals surface area (Å²) < 4.78 is 2.25. The molecule has 2 rings (SSSR count). The number of fused-ring (bicyclic) bond motifs is 1. The number of rotatable bonds is 4. The van der Waals surface area contributed by atoms with Crippen LogP contribution in [0.15, 0.2) is 24.4 Å². The molecule has 0 amide bonds. The maximum Gasteiger partial charge on any atom is 0.0510 e. The van der Waals surface area contributed by atoms with E-state index in [1.54, 1.807) is 0 Å². The van der Waals surface area contributed by atoms with Gasteiger partial charge in [-0.2, -0.15) is 0 Å². The fourth-order valence-electron chi connectivity index (χ4n) is 2.45. The van der Waals surface area contributed by atoms with Crippen LogP contribution in [0.2, 0.25) is 0 Å². The molecule has 92 valence electrons. The first-order chi connectivity index (χ1) is 8.09. The lowest BCUT2D eigenvalue weighted by Gasteiger charge is -2.07. The summed E-state index contributed by atoms with van der Waals surface area (Å²) in [5, 5.41) is 4.87. The lowest BCUT2D eigenvalue weighted by atomic mass is 10.1. The zero-order valence-electron chi connectivity index (χ0n) is 11.2. The molecule has 0 unspecified atom stereocenters. The van der Waals surface area contributed by atoms with Gasteiger partial charge in [-0.15, -0.1) is 0 Å². The molecule has 0 bridgehead atoms. The highest BCUT2D eigenvalue weighted by atomic mass is 14.9. The van der Waals surface area contributed by atoms with Crippen LogP contribution in [-0.2, 0) is 13.5 Å². The van der Waals surface area contributed by atoms with Crippen LogP contribution in [0.1, 0.15) is 25.0 Å². The van der Waals surface area contributed by atoms with Gasteiger partial charge in [0.25, 0.3) is 0 Å². The van der Waals surface area contributed by atoms with Crippen LogP contribution >= 0.6 is 0 Å². The molecule has 0 aliphatic heterocycles. The lowest BCUT2D eigenvalue weighted by Crippen LogP contribution is -2.24. The average molecular weight is 230 g/mol. The molecular weight excluding hydrogens is 208 g/mol. The summed E-state index contributed by atoms with van der Waals surface area (Å²) in [6.07, 6.45) is 3.36. The quantitative estimate of drug-likeness (QED) is 0.854. The second-order valence-corrected chi connectivity index (χ2v) is 5.10. The third-order valence-electron chi connectivity index (χ3n) is 3.23. The van der Waals surface area contributed by atoms with Gasteiger partial charge in [-0.1, -0.05) is 32.0 Å². The fraction of sp³-hybridized carbons (Fsp3) is 0.467. The van der Waals surface area contributed by atoms with E-state index in [-0.39, 0.29) is 0 Å². The number of aromatic nitrogens is 1. The molecule has 0 radical (unpaired) electrons. The van der Waals surface area contributed by atoms with E-state index in [4.69, 9.17) is 0 Å². The molecule has 2 nitrogen and oxygen atoms in total. The van der Waals surface area contributed by atoms with E-state index in [0.29, 0.717) is 6.04 Å². The Hall–Kier alpha value is -1.28. The number of aryl methyl sites for hydroxylation is 2. The largest absolute Gasteiger partial charge is 0.350 e. The van der Waals surface area contributed by atoms with E-state index in [1.165, 1.54) is 22.0 Å². The first-order valence-corrected chi connectivity index (χ1v) is 6.36. The highest BCUT2D eigenvalue weighted by Crippen LogP contribution is 2.23. The van der Waals surface area contributed by atoms with Crippen molar-refractivity contribution in [2.45, 2.75) is 33.2 Å². The van der Waals surface area contributed by atoms with Crippen molar-refractivity contribution in [1.82, 2.24) is 9.88 Å². The normalized spacial score (nSPS) is 11.6. The van der Waals surface area contributed by atoms with Crippen LogP contribution in [0.3, 0.4) is 0 Å². The van der Waals surface area contributed by atoms with E-state index in [1.807, 2.05) is 0 Å². The van der Waals surface area contributed by atoms with Gasteiger partial charge in [0, 0.05) is 24.7 Å². The van der Waals surface area contributed by atoms with Crippen LogP contribution < -0.4 is 5.32 Å². The Labute approximate surface area is 104 Å². The molecule has 0 saturated heterocycles. The van der Waals surface area contributed by atoms with Crippen molar-refractivity contribution in [3.63, 3.8) is 0 Å². The molecule has 0 atom stereocenters. The molecule has 0 spiro atoms. The van der Waals surface area contributed by atoms with Gasteiger partial charge in [0.15, 0.2) is 0 Å². The summed E-state index contributed by atoms with van der Waals surface area (Å²) in [4.78, 5) is 0. The highest BCUT2D eigenvalue weighted by Gasteiger charge is 2.07. The smallest absolute Gasteiger partial charge is 0.0510 e. The van der Waals surface area contributed by atoms with E-state index in [0.717, 1.165) is 13.0 Å². The van der Waals surface area contributed by atoms with Crippen LogP contribution in [0, 0.1) is 6.92 Å². The average Bonchev–Trinajstić information content (AvgIpc) is 2.57. The van der Waals surface area contributed by atoms with Crippen molar-refractivity contribution >= 4 is 10.9 Å². The van der Waals surface area contributed by atoms with Crippen LogP contribution in [0.25, 0.3) is 10.9 Å². The topological polar surface area (TPSA) is 17.0 Å². The minimum absolute atomic E-state index is 0.562. The van der Waals surface area contributed by atoms with Crippen molar-refractivity contribution in [2.75, 3.05) is 6.54 Å². The van der Waals surface area contributed by atoms with Crippen LogP contribution in [-0.4, -0.2) is 17.2 Å². The van der Waals surface area contributed by atoms with Crippen molar-refractivity contribution in [1.29, 1.82) is 0 Å². The summed E-state index contributed by atoms with van der Waals surface area (Å²) in [6, 6.07) is 7.12. The predicted molar refractivity (Wildman–Crippen MR) is 74.5 cm³/mol. The Morgan fingerprint density at radius 1 is 1.29 bits per heavy atom. The third kappa shape index (κ3) is 2.52. The second-order valence-electron chi connectivity index (χ2n) is 5.10. The SMILES string of the molecule is Cc1cccc2c(CCNC(C)C)cn(C)c12. The van der Waals surface area contributed by atoms with E-state index in [2.05, 4.69) is 62.1 Å². The molecule has 1 N–H and O–H groups in total. The zero-order chi connectivity index (χ0) is 12.4. The third-order valence-corrected chi connectivity index (χ3v) is 3.23. The molecule has 1 heterocycles. The predicted octanol–water partition coefficient (Wildman–Crippen LogP) is 3.03. The Balaban J connectivity index is 2.26. The minimum atomic E-state index is 0.562. The molecule has 1 aromatic carbocycles. The first kappa shape index (κ1) is 12.2. The van der Waals surface area contributed by atoms with Crippen LogP contribution in [0.5, 0.6) is 0 Å². The molecular formula is C15H22N2. The molecule has 2 heteroatoms. The molecule has 2 aromatic rings. The fourth-order valence-corrected chi connectivity index (χ4v) is 2.45. The van der Waals surface area contributed by atoms with Gasteiger partial charge in [0.05, 0.1) is 5.52 Å². The van der Waals surface area contributed by atoms with Crippen LogP contribution in [0.4, 0.5) is 0 Å². The summed E-state index contributed by atoms with van der Waals surface area (Å²) in [5.41, 5.74) is 4.17. The van der Waals surface area contributed by atoms with Gasteiger partial charge in [0.1, 0.15) is 0 Å². The molecule has 0 fully saturated rings. The number of nitrogens with zero attached hydrogens (tertiary/aromatic N) is 1. The molecule has 17 heavy (non-hydrogen) atoms. The Bertz CT molecular complexity index is 509. The Morgan fingerprint density at radius 2 is 2.06 bits per heavy atom. The Morgan fingerprint density at radius 3 is 2.76 bits per heavy atom. The van der Waals surface area contributed by atoms with Gasteiger partial charge >= 0.3 is 0 Å². The van der Waals surface area contributed by atoms with Gasteiger partial charge in [-0.05, 0) is 31.0 Å². The van der Waals surface area contributed by atoms with Gasteiger partial charge < -0.3 is 9.88 Å². The standard InChI is InChI=1S/C15H22N2/c1-11(2)16-9-8-13-10-17(4)15-12(3)6-5-7-14(13)15/h5-7,10-11,16H,8-9H2,1-4H3. The summed E-state index contributed by atoms with van der Waals surface area (Å²) in [5.74, 6) is 0. The summed E-state index contributed by atoms with van der Waals surface area (Å²) in [6.45, 7) is 7.60. The molecule has 0 saturated carbocycles. The number of benzene rings is 1. The number of nitrogens with one attached hydrogen (secondary N) is 1. The van der Waals surface area contributed by atoms with Gasteiger partial charge in [0.2, 0.25) is 0 Å².